The predicted molar refractivity (Wildman–Crippen MR) is 80.0 cm³/mol. The van der Waals surface area contributed by atoms with Gasteiger partial charge in [-0.3, -0.25) is 4.79 Å². The lowest BCUT2D eigenvalue weighted by atomic mass is 9.68. The number of aromatic nitrogens is 1. The molecule has 2 saturated carbocycles. The number of hydrogen-bond acceptors (Lipinski definition) is 3. The third kappa shape index (κ3) is 2.00. The van der Waals surface area contributed by atoms with Crippen LogP contribution in [0.2, 0.25) is 0 Å². The summed E-state index contributed by atoms with van der Waals surface area (Å²) in [6.07, 6.45) is 6.60. The molecule has 0 N–H and O–H groups in total. The molecule has 1 aromatic rings. The van der Waals surface area contributed by atoms with E-state index in [1.807, 2.05) is 13.8 Å². The summed E-state index contributed by atoms with van der Waals surface area (Å²) in [5.74, 6) is 2.71. The van der Waals surface area contributed by atoms with Crippen molar-refractivity contribution in [3.05, 3.63) is 15.6 Å². The van der Waals surface area contributed by atoms with Crippen molar-refractivity contribution in [3.63, 3.8) is 0 Å². The van der Waals surface area contributed by atoms with Gasteiger partial charge in [-0.25, -0.2) is 4.98 Å². The van der Waals surface area contributed by atoms with Crippen LogP contribution in [0.25, 0.3) is 0 Å². The van der Waals surface area contributed by atoms with Crippen LogP contribution in [0.4, 0.5) is 0 Å². The van der Waals surface area contributed by atoms with E-state index >= 15 is 0 Å². The number of carbonyl (C=O) groups is 1. The number of thiazole rings is 1. The molecule has 4 fully saturated rings. The molecule has 3 nitrogen and oxygen atoms in total. The topological polar surface area (TPSA) is 33.2 Å². The summed E-state index contributed by atoms with van der Waals surface area (Å²) in [5.41, 5.74) is 0.716. The SMILES string of the molecule is Cc1nc(C(=O)N2CC3C[C@@H]4CC2C[C@@H](C3)C4)c(C)s1. The van der Waals surface area contributed by atoms with Crippen LogP contribution in [0.3, 0.4) is 0 Å². The number of hydrogen-bond donors (Lipinski definition) is 0. The molecule has 0 unspecified atom stereocenters. The maximum Gasteiger partial charge on any atom is 0.273 e. The molecule has 3 heterocycles. The molecule has 0 radical (unpaired) electrons. The molecule has 5 rings (SSSR count). The number of carbonyl (C=O) groups excluding carboxylic acids is 1. The van der Waals surface area contributed by atoms with Gasteiger partial charge in [0.05, 0.1) is 5.01 Å². The average molecular weight is 290 g/mol. The van der Waals surface area contributed by atoms with Crippen LogP contribution in [0.1, 0.15) is 52.5 Å². The highest BCUT2D eigenvalue weighted by Gasteiger charge is 2.44. The Balaban J connectivity index is 1.65. The van der Waals surface area contributed by atoms with Crippen molar-refractivity contribution in [1.82, 2.24) is 9.88 Å². The monoisotopic (exact) mass is 290 g/mol. The molecule has 1 amide bonds. The van der Waals surface area contributed by atoms with E-state index in [9.17, 15) is 4.79 Å². The normalized spacial score (nSPS) is 35.4. The fourth-order valence-corrected chi connectivity index (χ4v) is 5.71. The smallest absolute Gasteiger partial charge is 0.273 e. The van der Waals surface area contributed by atoms with Gasteiger partial charge in [0, 0.05) is 17.5 Å². The Morgan fingerprint density at radius 2 is 1.75 bits per heavy atom. The predicted octanol–water partition coefficient (Wildman–Crippen LogP) is 3.41. The van der Waals surface area contributed by atoms with Crippen LogP contribution < -0.4 is 0 Å². The van der Waals surface area contributed by atoms with Crippen molar-refractivity contribution in [3.8, 4) is 0 Å². The van der Waals surface area contributed by atoms with Crippen LogP contribution in [-0.2, 0) is 0 Å². The molecule has 2 aliphatic heterocycles. The summed E-state index contributed by atoms with van der Waals surface area (Å²) >= 11 is 1.64. The van der Waals surface area contributed by atoms with E-state index in [4.69, 9.17) is 0 Å². The van der Waals surface area contributed by atoms with Crippen LogP contribution >= 0.6 is 11.3 Å². The molecule has 20 heavy (non-hydrogen) atoms. The minimum Gasteiger partial charge on any atom is -0.334 e. The molecule has 1 aromatic heterocycles. The van der Waals surface area contributed by atoms with Crippen molar-refractivity contribution < 1.29 is 4.79 Å². The third-order valence-electron chi connectivity index (χ3n) is 5.47. The molecule has 0 spiro atoms. The third-order valence-corrected chi connectivity index (χ3v) is 6.36. The van der Waals surface area contributed by atoms with Gasteiger partial charge >= 0.3 is 0 Å². The Morgan fingerprint density at radius 1 is 1.10 bits per heavy atom. The second-order valence-electron chi connectivity index (χ2n) is 7.03. The van der Waals surface area contributed by atoms with E-state index in [0.29, 0.717) is 11.7 Å². The Labute approximate surface area is 124 Å². The molecular weight excluding hydrogens is 268 g/mol. The van der Waals surface area contributed by atoms with E-state index in [2.05, 4.69) is 9.88 Å². The maximum atomic E-state index is 12.9. The summed E-state index contributed by atoms with van der Waals surface area (Å²) in [6, 6.07) is 0.486. The quantitative estimate of drug-likeness (QED) is 0.794. The second kappa shape index (κ2) is 4.55. The van der Waals surface area contributed by atoms with Crippen LogP contribution in [0, 0.1) is 31.6 Å². The lowest BCUT2D eigenvalue weighted by molar-refractivity contribution is 0.0626. The molecule has 4 aliphatic rings. The Kier molecular flexibility index (Phi) is 2.92. The van der Waals surface area contributed by atoms with E-state index in [0.717, 1.165) is 34.2 Å². The first-order valence-electron chi connectivity index (χ1n) is 7.85. The zero-order valence-electron chi connectivity index (χ0n) is 12.3. The summed E-state index contributed by atoms with van der Waals surface area (Å²) in [6.45, 7) is 5.00. The highest BCUT2D eigenvalue weighted by Crippen LogP contribution is 2.47. The van der Waals surface area contributed by atoms with Crippen LogP contribution in [0.5, 0.6) is 0 Å². The van der Waals surface area contributed by atoms with E-state index in [1.54, 1.807) is 11.3 Å². The fourth-order valence-electron chi connectivity index (χ4n) is 4.90. The average Bonchev–Trinajstić information content (AvgIpc) is 2.60. The number of amides is 1. The standard InChI is InChI=1S/C16H22N2OS/c1-9-15(17-10(2)20-9)16(19)18-8-13-4-11-3-12(5-13)7-14(18)6-11/h11-14H,3-8H2,1-2H3/t11-,12-,13?,14?/m1/s1. The number of rotatable bonds is 1. The van der Waals surface area contributed by atoms with Crippen LogP contribution in [-0.4, -0.2) is 28.4 Å². The van der Waals surface area contributed by atoms with E-state index < -0.39 is 0 Å². The minimum atomic E-state index is 0.199. The maximum absolute atomic E-state index is 12.9. The second-order valence-corrected chi connectivity index (χ2v) is 8.43. The van der Waals surface area contributed by atoms with Crippen molar-refractivity contribution in [2.75, 3.05) is 6.54 Å². The van der Waals surface area contributed by atoms with Gasteiger partial charge in [0.1, 0.15) is 5.69 Å². The lowest BCUT2D eigenvalue weighted by Crippen LogP contribution is -2.42. The van der Waals surface area contributed by atoms with Gasteiger partial charge in [-0.1, -0.05) is 0 Å². The van der Waals surface area contributed by atoms with Crippen molar-refractivity contribution in [1.29, 1.82) is 0 Å². The van der Waals surface area contributed by atoms with Gasteiger partial charge < -0.3 is 4.90 Å². The Hall–Kier alpha value is -0.900. The molecule has 4 bridgehead atoms. The molecule has 0 aromatic carbocycles. The highest BCUT2D eigenvalue weighted by atomic mass is 32.1. The van der Waals surface area contributed by atoms with E-state index in [-0.39, 0.29) is 5.91 Å². The molecule has 2 saturated heterocycles. The first-order valence-corrected chi connectivity index (χ1v) is 8.66. The molecule has 2 aliphatic carbocycles. The van der Waals surface area contributed by atoms with Gasteiger partial charge in [-0.05, 0) is 63.7 Å². The molecule has 108 valence electrons. The lowest BCUT2D eigenvalue weighted by Gasteiger charge is -2.38. The number of aryl methyl sites for hydroxylation is 2. The fraction of sp³-hybridized carbons (Fsp3) is 0.750. The summed E-state index contributed by atoms with van der Waals surface area (Å²) in [4.78, 5) is 20.7. The highest BCUT2D eigenvalue weighted by molar-refractivity contribution is 7.11. The zero-order chi connectivity index (χ0) is 13.9. The number of fused-ring (bicyclic) bond motifs is 1. The summed E-state index contributed by atoms with van der Waals surface area (Å²) in [5, 5.41) is 1.01. The van der Waals surface area contributed by atoms with Gasteiger partial charge in [0.25, 0.3) is 5.91 Å². The Bertz CT molecular complexity index is 539. The number of nitrogens with zero attached hydrogens (tertiary/aromatic N) is 2. The van der Waals surface area contributed by atoms with Crippen molar-refractivity contribution in [2.45, 2.75) is 52.0 Å². The van der Waals surface area contributed by atoms with Crippen molar-refractivity contribution >= 4 is 17.2 Å². The van der Waals surface area contributed by atoms with Gasteiger partial charge in [-0.15, -0.1) is 11.3 Å². The van der Waals surface area contributed by atoms with Crippen molar-refractivity contribution in [2.24, 2.45) is 17.8 Å². The van der Waals surface area contributed by atoms with Gasteiger partial charge in [-0.2, -0.15) is 0 Å². The first-order chi connectivity index (χ1) is 9.60. The van der Waals surface area contributed by atoms with E-state index in [1.165, 1.54) is 32.1 Å². The summed E-state index contributed by atoms with van der Waals surface area (Å²) < 4.78 is 0. The summed E-state index contributed by atoms with van der Waals surface area (Å²) in [7, 11) is 0. The largest absolute Gasteiger partial charge is 0.334 e. The molecule has 4 heteroatoms. The zero-order valence-corrected chi connectivity index (χ0v) is 13.1. The van der Waals surface area contributed by atoms with Crippen LogP contribution in [0.15, 0.2) is 0 Å². The Morgan fingerprint density at radius 3 is 2.35 bits per heavy atom. The van der Waals surface area contributed by atoms with Gasteiger partial charge in [0.15, 0.2) is 0 Å². The molecule has 2 atom stereocenters. The minimum absolute atomic E-state index is 0.199. The van der Waals surface area contributed by atoms with Gasteiger partial charge in [0.2, 0.25) is 0 Å². The first kappa shape index (κ1) is 12.8. The molecular formula is C16H22N2OS.